The van der Waals surface area contributed by atoms with Crippen molar-refractivity contribution in [1.82, 2.24) is 0 Å². The number of esters is 3. The maximum atomic E-state index is 12.9. The van der Waals surface area contributed by atoms with E-state index in [0.717, 1.165) is 103 Å². The summed E-state index contributed by atoms with van der Waals surface area (Å²) in [5.74, 6) is -0.957. The third kappa shape index (κ3) is 66.5. The van der Waals surface area contributed by atoms with Crippen molar-refractivity contribution < 1.29 is 28.6 Å². The highest BCUT2D eigenvalue weighted by atomic mass is 16.6. The lowest BCUT2D eigenvalue weighted by Crippen LogP contribution is -2.30. The molecule has 81 heavy (non-hydrogen) atoms. The number of rotatable bonds is 61. The van der Waals surface area contributed by atoms with Gasteiger partial charge < -0.3 is 14.2 Å². The smallest absolute Gasteiger partial charge is 0.306 e. The Kier molecular flexibility index (Phi) is 64.8. The molecule has 0 fully saturated rings. The van der Waals surface area contributed by atoms with Crippen molar-refractivity contribution in [3.63, 3.8) is 0 Å². The molecule has 0 saturated heterocycles. The fourth-order valence-corrected chi connectivity index (χ4v) is 9.38. The zero-order valence-corrected chi connectivity index (χ0v) is 53.0. The molecule has 1 atom stereocenters. The molecule has 0 aromatic heterocycles. The number of ether oxygens (including phenoxy) is 3. The average molecular weight is 1120 g/mol. The third-order valence-electron chi connectivity index (χ3n) is 14.5. The van der Waals surface area contributed by atoms with Gasteiger partial charge in [-0.25, -0.2) is 0 Å². The van der Waals surface area contributed by atoms with Crippen LogP contribution in [0.2, 0.25) is 0 Å². The molecule has 0 saturated carbocycles. The Bertz CT molecular complexity index is 1670. The van der Waals surface area contributed by atoms with Crippen molar-refractivity contribution >= 4 is 17.9 Å². The minimum atomic E-state index is -0.809. The Balaban J connectivity index is 4.23. The second-order valence-electron chi connectivity index (χ2n) is 22.4. The summed E-state index contributed by atoms with van der Waals surface area (Å²) in [5.41, 5.74) is 0. The highest BCUT2D eigenvalue weighted by Crippen LogP contribution is 2.16. The Hall–Kier alpha value is -4.19. The molecule has 0 aromatic carbocycles. The van der Waals surface area contributed by atoms with Crippen molar-refractivity contribution in [1.29, 1.82) is 0 Å². The largest absolute Gasteiger partial charge is 0.462 e. The van der Waals surface area contributed by atoms with Gasteiger partial charge in [0, 0.05) is 19.3 Å². The van der Waals surface area contributed by atoms with E-state index in [0.29, 0.717) is 19.3 Å². The van der Waals surface area contributed by atoms with E-state index in [1.165, 1.54) is 167 Å². The summed E-state index contributed by atoms with van der Waals surface area (Å²) in [4.78, 5) is 38.2. The van der Waals surface area contributed by atoms with Gasteiger partial charge in [-0.05, 0) is 109 Å². The predicted octanol–water partition coefficient (Wildman–Crippen LogP) is 23.6. The summed E-state index contributed by atoms with van der Waals surface area (Å²) in [6.07, 6.45) is 95.3. The second kappa shape index (κ2) is 68.3. The first kappa shape index (κ1) is 76.8. The average Bonchev–Trinajstić information content (AvgIpc) is 3.47. The van der Waals surface area contributed by atoms with E-state index in [-0.39, 0.29) is 37.5 Å². The molecular weight excluding hydrogens is 997 g/mol. The Morgan fingerprint density at radius 1 is 0.259 bits per heavy atom. The highest BCUT2D eigenvalue weighted by molar-refractivity contribution is 5.71. The van der Waals surface area contributed by atoms with Gasteiger partial charge in [0.2, 0.25) is 0 Å². The molecule has 0 aliphatic rings. The van der Waals surface area contributed by atoms with E-state index in [9.17, 15) is 14.4 Å². The molecule has 0 heterocycles. The van der Waals surface area contributed by atoms with Crippen molar-refractivity contribution in [2.24, 2.45) is 0 Å². The second-order valence-corrected chi connectivity index (χ2v) is 22.4. The van der Waals surface area contributed by atoms with E-state index in [4.69, 9.17) is 14.2 Å². The summed E-state index contributed by atoms with van der Waals surface area (Å²) in [5, 5.41) is 0. The first-order valence-corrected chi connectivity index (χ1v) is 34.0. The normalized spacial score (nSPS) is 12.9. The topological polar surface area (TPSA) is 78.9 Å². The van der Waals surface area contributed by atoms with Crippen LogP contribution in [0.4, 0.5) is 0 Å². The number of carbonyl (C=O) groups is 3. The minimum Gasteiger partial charge on any atom is -0.462 e. The Morgan fingerprint density at radius 2 is 0.494 bits per heavy atom. The van der Waals surface area contributed by atoms with E-state index in [2.05, 4.69) is 142 Å². The number of unbranched alkanes of at least 4 members (excludes halogenated alkanes) is 30. The molecule has 0 aromatic rings. The van der Waals surface area contributed by atoms with E-state index < -0.39 is 6.10 Å². The molecular formula is C75H126O6. The van der Waals surface area contributed by atoms with Gasteiger partial charge in [-0.2, -0.15) is 0 Å². The SMILES string of the molecule is CC/C=C\C/C=C\C/C=C\C/C=C\C/C=C\C/C=C\C/C=C\CCCC(=O)OC(COC(=O)CCCCCCCCCCC)COC(=O)CCCCCCCCCCCCCCCCCC/C=C\C/C=C\C/C=C\CCCCCCC. The fourth-order valence-electron chi connectivity index (χ4n) is 9.38. The fraction of sp³-hybridized carbons (Fsp3) is 0.693. The summed E-state index contributed by atoms with van der Waals surface area (Å²) in [7, 11) is 0. The number of hydrogen-bond acceptors (Lipinski definition) is 6. The maximum Gasteiger partial charge on any atom is 0.306 e. The van der Waals surface area contributed by atoms with Gasteiger partial charge in [0.15, 0.2) is 6.10 Å². The lowest BCUT2D eigenvalue weighted by Gasteiger charge is -2.18. The molecule has 462 valence electrons. The first-order valence-electron chi connectivity index (χ1n) is 34.0. The van der Waals surface area contributed by atoms with Crippen molar-refractivity contribution in [3.8, 4) is 0 Å². The highest BCUT2D eigenvalue weighted by Gasteiger charge is 2.19. The molecule has 0 bridgehead atoms. The molecule has 0 rings (SSSR count). The van der Waals surface area contributed by atoms with Crippen LogP contribution in [0, 0.1) is 0 Å². The van der Waals surface area contributed by atoms with Gasteiger partial charge in [-0.1, -0.05) is 309 Å². The third-order valence-corrected chi connectivity index (χ3v) is 14.5. The zero-order valence-electron chi connectivity index (χ0n) is 53.0. The van der Waals surface area contributed by atoms with Gasteiger partial charge in [0.05, 0.1) is 0 Å². The molecule has 6 nitrogen and oxygen atoms in total. The molecule has 6 heteroatoms. The molecule has 1 unspecified atom stereocenters. The van der Waals surface area contributed by atoms with Crippen LogP contribution in [0.5, 0.6) is 0 Å². The zero-order chi connectivity index (χ0) is 58.5. The van der Waals surface area contributed by atoms with Crippen molar-refractivity contribution in [2.45, 2.75) is 322 Å². The molecule has 0 spiro atoms. The molecule has 0 aliphatic carbocycles. The van der Waals surface area contributed by atoms with E-state index >= 15 is 0 Å². The van der Waals surface area contributed by atoms with Crippen LogP contribution in [0.15, 0.2) is 122 Å². The predicted molar refractivity (Wildman–Crippen MR) is 353 cm³/mol. The number of allylic oxidation sites excluding steroid dienone is 20. The van der Waals surface area contributed by atoms with E-state index in [1.54, 1.807) is 0 Å². The van der Waals surface area contributed by atoms with Crippen LogP contribution in [0.1, 0.15) is 316 Å². The van der Waals surface area contributed by atoms with Crippen LogP contribution in [0.25, 0.3) is 0 Å². The summed E-state index contributed by atoms with van der Waals surface area (Å²) < 4.78 is 16.8. The Labute approximate surface area is 501 Å². The van der Waals surface area contributed by atoms with Gasteiger partial charge >= 0.3 is 17.9 Å². The van der Waals surface area contributed by atoms with Crippen LogP contribution < -0.4 is 0 Å². The lowest BCUT2D eigenvalue weighted by molar-refractivity contribution is -0.167. The van der Waals surface area contributed by atoms with E-state index in [1.807, 2.05) is 0 Å². The molecule has 0 radical (unpaired) electrons. The Morgan fingerprint density at radius 3 is 0.790 bits per heavy atom. The van der Waals surface area contributed by atoms with Crippen molar-refractivity contribution in [2.75, 3.05) is 13.2 Å². The monoisotopic (exact) mass is 1120 g/mol. The number of carbonyl (C=O) groups excluding carboxylic acids is 3. The minimum absolute atomic E-state index is 0.101. The molecule has 0 N–H and O–H groups in total. The van der Waals surface area contributed by atoms with Crippen LogP contribution >= 0.6 is 0 Å². The van der Waals surface area contributed by atoms with Gasteiger partial charge in [-0.3, -0.25) is 14.4 Å². The van der Waals surface area contributed by atoms with Crippen molar-refractivity contribution in [3.05, 3.63) is 122 Å². The first-order chi connectivity index (χ1) is 40.0. The maximum absolute atomic E-state index is 12.9. The van der Waals surface area contributed by atoms with Gasteiger partial charge in [0.25, 0.3) is 0 Å². The number of hydrogen-bond donors (Lipinski definition) is 0. The summed E-state index contributed by atoms with van der Waals surface area (Å²) in [6, 6.07) is 0. The van der Waals surface area contributed by atoms with Gasteiger partial charge in [-0.15, -0.1) is 0 Å². The quantitative estimate of drug-likeness (QED) is 0.0261. The van der Waals surface area contributed by atoms with Crippen LogP contribution in [0.3, 0.4) is 0 Å². The summed E-state index contributed by atoms with van der Waals surface area (Å²) in [6.45, 7) is 6.47. The molecule has 0 amide bonds. The standard InChI is InChI=1S/C75H126O6/c1-4-7-10-13-16-19-21-23-25-27-29-31-33-34-35-36-37-38-39-40-42-43-45-47-49-51-53-56-59-62-65-68-74(77)80-71-72(70-79-73(76)67-64-61-58-55-18-15-12-9-6-3)81-75(78)69-66-63-60-57-54-52-50-48-46-44-41-32-30-28-26-24-22-20-17-14-11-8-5-2/h8,11,17,20-21,23-24,26-27,29-30,32-34,44,46,50,52,57,60,72H,4-7,9-10,12-16,18-19,22,25,28,31,35-43,45,47-49,51,53-56,58-59,61-71H2,1-3H3/b11-8-,20-17-,23-21-,26-24-,29-27-,32-30-,34-33-,46-44-,52-50-,60-57-. The lowest BCUT2D eigenvalue weighted by atomic mass is 10.0. The molecule has 0 aliphatic heterocycles. The van der Waals surface area contributed by atoms with Crippen LogP contribution in [-0.4, -0.2) is 37.2 Å². The van der Waals surface area contributed by atoms with Crippen LogP contribution in [-0.2, 0) is 28.6 Å². The van der Waals surface area contributed by atoms with Gasteiger partial charge in [0.1, 0.15) is 13.2 Å². The summed E-state index contributed by atoms with van der Waals surface area (Å²) >= 11 is 0.